The van der Waals surface area contributed by atoms with Crippen LogP contribution in [0.5, 0.6) is 0 Å². The third kappa shape index (κ3) is 1.14. The molecule has 0 radical (unpaired) electrons. The van der Waals surface area contributed by atoms with Gasteiger partial charge in [-0.25, -0.2) is 4.39 Å². The molecule has 1 fully saturated rings. The number of rotatable bonds is 2. The topological polar surface area (TPSA) is 12.0 Å². The molecule has 1 saturated carbocycles. The van der Waals surface area contributed by atoms with Crippen molar-refractivity contribution >= 4 is 12.8 Å². The molecule has 0 aromatic carbocycles. The first-order valence-electron chi connectivity index (χ1n) is 2.83. The maximum Gasteiger partial charge on any atom is 0.124 e. The lowest BCUT2D eigenvalue weighted by molar-refractivity contribution is 0.0703. The van der Waals surface area contributed by atoms with Crippen LogP contribution in [0.3, 0.4) is 0 Å². The summed E-state index contributed by atoms with van der Waals surface area (Å²) in [5, 5.41) is 0. The Labute approximate surface area is 54.2 Å². The molecule has 0 aromatic heterocycles. The molecule has 0 aromatic rings. The van der Waals surface area contributed by atoms with Crippen molar-refractivity contribution in [1.82, 2.24) is 4.72 Å². The Bertz CT molecular complexity index is 82.5. The van der Waals surface area contributed by atoms with Crippen molar-refractivity contribution in [2.75, 3.05) is 6.54 Å². The third-order valence-corrected chi connectivity index (χ3v) is 1.80. The molecule has 1 N–H and O–H groups in total. The van der Waals surface area contributed by atoms with Crippen LogP contribution in [-0.2, 0) is 0 Å². The maximum atomic E-state index is 12.8. The van der Waals surface area contributed by atoms with E-state index < -0.39 is 5.67 Å². The van der Waals surface area contributed by atoms with Crippen molar-refractivity contribution in [3.63, 3.8) is 0 Å². The fourth-order valence-electron chi connectivity index (χ4n) is 0.879. The quantitative estimate of drug-likeness (QED) is 0.544. The van der Waals surface area contributed by atoms with E-state index in [4.69, 9.17) is 0 Å². The molecule has 0 aliphatic heterocycles. The molecule has 0 spiro atoms. The predicted octanol–water partition coefficient (Wildman–Crippen LogP) is 1.31. The highest BCUT2D eigenvalue weighted by molar-refractivity contribution is 7.78. The van der Waals surface area contributed by atoms with E-state index >= 15 is 0 Å². The molecule has 3 heteroatoms. The third-order valence-electron chi connectivity index (χ3n) is 1.65. The van der Waals surface area contributed by atoms with Gasteiger partial charge in [-0.2, -0.15) is 0 Å². The molecule has 1 nitrogen and oxygen atoms in total. The first-order chi connectivity index (χ1) is 3.77. The first-order valence-corrected chi connectivity index (χ1v) is 3.27. The summed E-state index contributed by atoms with van der Waals surface area (Å²) in [7, 11) is 0. The van der Waals surface area contributed by atoms with Crippen molar-refractivity contribution in [2.45, 2.75) is 24.9 Å². The highest BCUT2D eigenvalue weighted by Crippen LogP contribution is 2.34. The van der Waals surface area contributed by atoms with Gasteiger partial charge in [0.25, 0.3) is 0 Å². The van der Waals surface area contributed by atoms with E-state index in [1.54, 1.807) is 0 Å². The summed E-state index contributed by atoms with van der Waals surface area (Å²) in [4.78, 5) is 0. The zero-order chi connectivity index (χ0) is 6.04. The molecule has 0 bridgehead atoms. The first kappa shape index (κ1) is 6.36. The molecule has 0 saturated heterocycles. The molecule has 0 atom stereocenters. The Morgan fingerprint density at radius 2 is 2.25 bits per heavy atom. The van der Waals surface area contributed by atoms with Gasteiger partial charge in [0.2, 0.25) is 0 Å². The maximum absolute atomic E-state index is 12.8. The van der Waals surface area contributed by atoms with E-state index in [1.807, 2.05) is 0 Å². The Kier molecular flexibility index (Phi) is 1.77. The summed E-state index contributed by atoms with van der Waals surface area (Å²) in [5.74, 6) is 0. The normalized spacial score (nSPS) is 24.8. The van der Waals surface area contributed by atoms with Gasteiger partial charge in [-0.05, 0) is 19.3 Å². The zero-order valence-electron chi connectivity index (χ0n) is 4.65. The van der Waals surface area contributed by atoms with Gasteiger partial charge in [0.05, 0.1) is 0 Å². The molecule has 0 amide bonds. The van der Waals surface area contributed by atoms with Gasteiger partial charge in [0.1, 0.15) is 5.67 Å². The van der Waals surface area contributed by atoms with Gasteiger partial charge in [-0.15, -0.1) is 0 Å². The SMILES string of the molecule is FC1(CNS)CCC1. The second kappa shape index (κ2) is 2.23. The van der Waals surface area contributed by atoms with Crippen LogP contribution in [0.4, 0.5) is 4.39 Å². The van der Waals surface area contributed by atoms with E-state index in [0.717, 1.165) is 6.42 Å². The van der Waals surface area contributed by atoms with Crippen molar-refractivity contribution in [1.29, 1.82) is 0 Å². The lowest BCUT2D eigenvalue weighted by Gasteiger charge is -2.32. The van der Waals surface area contributed by atoms with E-state index in [2.05, 4.69) is 17.5 Å². The fourth-order valence-corrected chi connectivity index (χ4v) is 1.16. The van der Waals surface area contributed by atoms with Crippen LogP contribution in [-0.4, -0.2) is 12.2 Å². The number of nitrogens with one attached hydrogen (secondary N) is 1. The van der Waals surface area contributed by atoms with Crippen LogP contribution in [0.15, 0.2) is 0 Å². The van der Waals surface area contributed by atoms with Gasteiger partial charge in [-0.3, -0.25) is 4.72 Å². The van der Waals surface area contributed by atoms with Crippen molar-refractivity contribution in [3.05, 3.63) is 0 Å². The van der Waals surface area contributed by atoms with Crippen molar-refractivity contribution < 1.29 is 4.39 Å². The number of halogens is 1. The lowest BCUT2D eigenvalue weighted by Crippen LogP contribution is -2.39. The number of thiol groups is 1. The minimum Gasteiger partial charge on any atom is -0.264 e. The van der Waals surface area contributed by atoms with Crippen LogP contribution in [0.2, 0.25) is 0 Å². The molecule has 0 unspecified atom stereocenters. The summed E-state index contributed by atoms with van der Waals surface area (Å²) in [6.07, 6.45) is 2.45. The lowest BCUT2D eigenvalue weighted by atomic mass is 9.82. The average molecular weight is 135 g/mol. The second-order valence-electron chi connectivity index (χ2n) is 2.34. The van der Waals surface area contributed by atoms with Gasteiger partial charge in [-0.1, -0.05) is 12.8 Å². The van der Waals surface area contributed by atoms with Crippen LogP contribution in [0, 0.1) is 0 Å². The van der Waals surface area contributed by atoms with E-state index in [1.165, 1.54) is 0 Å². The predicted molar refractivity (Wildman–Crippen MR) is 34.7 cm³/mol. The molecule has 0 heterocycles. The number of alkyl halides is 1. The average Bonchev–Trinajstić information content (AvgIpc) is 1.64. The van der Waals surface area contributed by atoms with Crippen LogP contribution >= 0.6 is 12.8 Å². The second-order valence-corrected chi connectivity index (χ2v) is 2.66. The van der Waals surface area contributed by atoms with Gasteiger partial charge in [0, 0.05) is 6.54 Å². The van der Waals surface area contributed by atoms with E-state index in [0.29, 0.717) is 19.4 Å². The van der Waals surface area contributed by atoms with Crippen LogP contribution < -0.4 is 4.72 Å². The van der Waals surface area contributed by atoms with Crippen LogP contribution in [0.1, 0.15) is 19.3 Å². The Balaban J connectivity index is 2.20. The van der Waals surface area contributed by atoms with Crippen molar-refractivity contribution in [3.8, 4) is 0 Å². The molecule has 8 heavy (non-hydrogen) atoms. The Morgan fingerprint density at radius 3 is 2.38 bits per heavy atom. The van der Waals surface area contributed by atoms with Gasteiger partial charge in [0.15, 0.2) is 0 Å². The summed E-state index contributed by atoms with van der Waals surface area (Å²) < 4.78 is 15.3. The zero-order valence-corrected chi connectivity index (χ0v) is 5.55. The molecule has 1 rings (SSSR count). The minimum atomic E-state index is -0.915. The monoisotopic (exact) mass is 135 g/mol. The van der Waals surface area contributed by atoms with Crippen LogP contribution in [0.25, 0.3) is 0 Å². The standard InChI is InChI=1S/C5H10FNS/c6-5(4-7-8)2-1-3-5/h7-8H,1-4H2. The summed E-state index contributed by atoms with van der Waals surface area (Å²) >= 11 is 3.71. The van der Waals surface area contributed by atoms with E-state index in [9.17, 15) is 4.39 Å². The largest absolute Gasteiger partial charge is 0.264 e. The summed E-state index contributed by atoms with van der Waals surface area (Å²) in [5.41, 5.74) is -0.915. The fraction of sp³-hybridized carbons (Fsp3) is 1.00. The van der Waals surface area contributed by atoms with Crippen molar-refractivity contribution in [2.24, 2.45) is 0 Å². The van der Waals surface area contributed by atoms with Gasteiger partial charge < -0.3 is 0 Å². The number of hydrogen-bond acceptors (Lipinski definition) is 2. The summed E-state index contributed by atoms with van der Waals surface area (Å²) in [6, 6.07) is 0. The highest BCUT2D eigenvalue weighted by Gasteiger charge is 2.35. The molecule has 48 valence electrons. The van der Waals surface area contributed by atoms with Gasteiger partial charge >= 0.3 is 0 Å². The molecular weight excluding hydrogens is 125 g/mol. The summed E-state index contributed by atoms with van der Waals surface area (Å²) in [6.45, 7) is 0.399. The molecule has 1 aliphatic rings. The number of hydrogen-bond donors (Lipinski definition) is 2. The minimum absolute atomic E-state index is 0.399. The molecular formula is C5H10FNS. The Hall–Kier alpha value is 0.240. The smallest absolute Gasteiger partial charge is 0.124 e. The Morgan fingerprint density at radius 1 is 1.62 bits per heavy atom. The van der Waals surface area contributed by atoms with E-state index in [-0.39, 0.29) is 0 Å². The molecule has 1 aliphatic carbocycles. The highest BCUT2D eigenvalue weighted by atomic mass is 32.1.